The molecule has 2 unspecified atom stereocenters. The third-order valence-electron chi connectivity index (χ3n) is 13.5. The maximum atomic E-state index is 13.8. The van der Waals surface area contributed by atoms with Crippen LogP contribution in [-0.4, -0.2) is 78.8 Å². The monoisotopic (exact) mass is 1310 g/mol. The Kier molecular flexibility index (Phi) is 30.7. The predicted molar refractivity (Wildman–Crippen MR) is 370 cm³/mol. The number of ether oxygens (including phenoxy) is 4. The van der Waals surface area contributed by atoms with Gasteiger partial charge in [-0.3, -0.25) is 14.2 Å². The summed E-state index contributed by atoms with van der Waals surface area (Å²) in [5.74, 6) is 0.957. The van der Waals surface area contributed by atoms with Gasteiger partial charge in [0.1, 0.15) is 29.9 Å². The van der Waals surface area contributed by atoms with Crippen molar-refractivity contribution in [3.63, 3.8) is 0 Å². The molecule has 0 heterocycles. The first-order chi connectivity index (χ1) is 43.9. The van der Waals surface area contributed by atoms with Crippen LogP contribution in [-0.2, 0) is 50.5 Å². The predicted octanol–water partition coefficient (Wildman–Crippen LogP) is 17.3. The van der Waals surface area contributed by atoms with E-state index in [0.29, 0.717) is 49.3 Å². The van der Waals surface area contributed by atoms with Gasteiger partial charge in [0.25, 0.3) is 0 Å². The molecular formula is C74H84Cl2N2O11P2. The van der Waals surface area contributed by atoms with Crippen molar-refractivity contribution in [1.29, 1.82) is 0 Å². The molecule has 0 fully saturated rings. The van der Waals surface area contributed by atoms with Gasteiger partial charge in [0, 0.05) is 11.8 Å². The molecule has 0 spiro atoms. The molecular weight excluding hydrogens is 1230 g/mol. The molecule has 8 rings (SSSR count). The smallest absolute Gasteiger partial charge is 0.402 e. The summed E-state index contributed by atoms with van der Waals surface area (Å²) >= 11 is 12.5. The number of benzene rings is 8. The minimum atomic E-state index is -3.88. The number of carbonyl (C=O) groups excluding carboxylic acids is 2. The lowest BCUT2D eigenvalue weighted by molar-refractivity contribution is -0.149. The van der Waals surface area contributed by atoms with E-state index in [9.17, 15) is 23.6 Å². The number of nitrogens with one attached hydrogen (secondary N) is 1. The molecule has 0 aromatic heterocycles. The largest absolute Gasteiger partial charge is 0.462 e. The van der Waals surface area contributed by atoms with E-state index in [0.717, 1.165) is 68.5 Å². The van der Waals surface area contributed by atoms with Crippen molar-refractivity contribution >= 4 is 72.5 Å². The van der Waals surface area contributed by atoms with Crippen LogP contribution in [0.1, 0.15) is 98.9 Å². The van der Waals surface area contributed by atoms with Crippen molar-refractivity contribution in [2.45, 2.75) is 91.5 Å². The number of hydrogen-bond acceptors (Lipinski definition) is 11. The molecule has 480 valence electrons. The van der Waals surface area contributed by atoms with Crippen LogP contribution in [0.4, 0.5) is 0 Å². The normalized spacial score (nSPS) is 13.7. The molecule has 0 aliphatic heterocycles. The summed E-state index contributed by atoms with van der Waals surface area (Å²) in [6.07, 6.45) is 1.78. The molecule has 0 aliphatic carbocycles. The number of esters is 2. The molecule has 4 N–H and O–H groups in total. The van der Waals surface area contributed by atoms with Crippen LogP contribution >= 0.6 is 38.3 Å². The van der Waals surface area contributed by atoms with Crippen LogP contribution in [0.25, 0.3) is 22.3 Å². The Balaban J connectivity index is 0.000000258. The molecule has 17 heteroatoms. The number of nitrogens with two attached hydrogens (primary N) is 1. The number of para-hydroxylation sites is 2. The quantitative estimate of drug-likeness (QED) is 0.0127. The first-order valence-electron chi connectivity index (χ1n) is 30.4. The van der Waals surface area contributed by atoms with Crippen LogP contribution in [0, 0.1) is 0 Å². The zero-order chi connectivity index (χ0) is 65.4. The zero-order valence-corrected chi connectivity index (χ0v) is 55.9. The van der Waals surface area contributed by atoms with E-state index in [1.807, 2.05) is 84.9 Å². The third kappa shape index (κ3) is 25.3. The van der Waals surface area contributed by atoms with Crippen molar-refractivity contribution in [2.24, 2.45) is 5.73 Å². The molecule has 0 radical (unpaired) electrons. The standard InChI is InChI=1S/C37H41ClNO5P.C31H30ClO4P.C6H13NO2/c1-28(2)43-37(40)29(3)39-45(41,44-34-17-11-6-12-18-34)27-42-26-24-30-19-21-33(22-20-30)36(32-15-9-5-10-16-32)35(23-25-38)31-13-7-4-8-14-31;32-22-20-30(26-10-4-1-5-11-26)31(27-12-6-2-7-13-27)28-18-16-25(17-19-28)21-23-35-24-37(33,34)36-29-14-8-3-9-15-29;1-4(2)9-6(8)5(3)7/h4-22,28-29H,23-27H2,1-3H3,(H,39,41);1-19H,20-24H2,(H,33,34);4-5H,7H2,1-3H3/b36-35-;31-30-;/t29-,45?;;5-/m0.0/s1. The van der Waals surface area contributed by atoms with E-state index in [-0.39, 0.29) is 30.9 Å². The fourth-order valence-corrected chi connectivity index (χ4v) is 12.3. The Labute approximate surface area is 547 Å². The summed E-state index contributed by atoms with van der Waals surface area (Å²) in [6.45, 7) is 10.9. The highest BCUT2D eigenvalue weighted by molar-refractivity contribution is 7.57. The minimum absolute atomic E-state index is 0.0662. The highest BCUT2D eigenvalue weighted by Crippen LogP contribution is 2.45. The Bertz CT molecular complexity index is 3580. The molecule has 8 aromatic rings. The SMILES string of the molecule is CC(C)OC(=O)[C@H](C)N.CC(C)OC(=O)[C@H](C)NP(=O)(COCCc1ccc(/C(=C(/CCCl)c2ccccc2)c2ccccc2)cc1)Oc1ccccc1.O=P(O)(COCCc1ccc(/C(=C(/CCCl)c2ccccc2)c2ccccc2)cc1)Oc1ccccc1. The lowest BCUT2D eigenvalue weighted by Crippen LogP contribution is -2.36. The fraction of sp³-hybridized carbons (Fsp3) is 0.270. The van der Waals surface area contributed by atoms with Crippen LogP contribution < -0.4 is 19.9 Å². The van der Waals surface area contributed by atoms with Crippen LogP contribution in [0.2, 0.25) is 0 Å². The van der Waals surface area contributed by atoms with Gasteiger partial charge in [-0.15, -0.1) is 23.2 Å². The lowest BCUT2D eigenvalue weighted by atomic mass is 9.88. The van der Waals surface area contributed by atoms with E-state index in [1.165, 1.54) is 11.1 Å². The molecule has 4 atom stereocenters. The highest BCUT2D eigenvalue weighted by atomic mass is 35.5. The maximum absolute atomic E-state index is 13.8. The lowest BCUT2D eigenvalue weighted by Gasteiger charge is -2.24. The van der Waals surface area contributed by atoms with Gasteiger partial charge in [0.15, 0.2) is 6.35 Å². The van der Waals surface area contributed by atoms with Crippen LogP contribution in [0.15, 0.2) is 231 Å². The summed E-state index contributed by atoms with van der Waals surface area (Å²) in [6, 6.07) is 74.3. The molecule has 91 heavy (non-hydrogen) atoms. The summed E-state index contributed by atoms with van der Waals surface area (Å²) in [5, 5.41) is 2.83. The van der Waals surface area contributed by atoms with Gasteiger partial charge in [-0.25, -0.2) is 9.65 Å². The van der Waals surface area contributed by atoms with Gasteiger partial charge in [-0.05, 0) is 158 Å². The molecule has 13 nitrogen and oxygen atoms in total. The average molecular weight is 1310 g/mol. The highest BCUT2D eigenvalue weighted by Gasteiger charge is 2.31. The van der Waals surface area contributed by atoms with E-state index < -0.39 is 33.2 Å². The second-order valence-electron chi connectivity index (χ2n) is 21.7. The molecule has 8 aromatic carbocycles. The molecule has 0 saturated carbocycles. The summed E-state index contributed by atoms with van der Waals surface area (Å²) in [7, 11) is -7.48. The number of rotatable bonds is 30. The first-order valence-corrected chi connectivity index (χ1v) is 35.0. The molecule has 0 saturated heterocycles. The fourth-order valence-electron chi connectivity index (χ4n) is 9.39. The van der Waals surface area contributed by atoms with Gasteiger partial charge in [-0.1, -0.05) is 206 Å². The Morgan fingerprint density at radius 1 is 0.451 bits per heavy atom. The second kappa shape index (κ2) is 38.5. The first kappa shape index (κ1) is 72.7. The minimum Gasteiger partial charge on any atom is -0.462 e. The van der Waals surface area contributed by atoms with Crippen molar-refractivity contribution in [3.8, 4) is 11.5 Å². The number of alkyl halides is 2. The van der Waals surface area contributed by atoms with Gasteiger partial charge in [0.2, 0.25) is 0 Å². The Morgan fingerprint density at radius 3 is 1.13 bits per heavy atom. The van der Waals surface area contributed by atoms with E-state index >= 15 is 0 Å². The number of carbonyl (C=O) groups is 2. The Morgan fingerprint density at radius 2 is 0.780 bits per heavy atom. The van der Waals surface area contributed by atoms with Gasteiger partial charge < -0.3 is 38.6 Å². The summed E-state index contributed by atoms with van der Waals surface area (Å²) in [5.41, 5.74) is 18.9. The molecule has 0 bridgehead atoms. The van der Waals surface area contributed by atoms with Crippen molar-refractivity contribution in [1.82, 2.24) is 5.09 Å². The number of hydrogen-bond donors (Lipinski definition) is 3. The summed E-state index contributed by atoms with van der Waals surface area (Å²) < 4.78 is 58.5. The average Bonchev–Trinajstić information content (AvgIpc) is 1.45. The van der Waals surface area contributed by atoms with Crippen molar-refractivity contribution in [2.75, 3.05) is 37.7 Å². The topological polar surface area (TPSA) is 182 Å². The number of halogens is 2. The Hall–Kier alpha value is -7.38. The number of allylic oxidation sites excluding steroid dienone is 2. The van der Waals surface area contributed by atoms with E-state index in [4.69, 9.17) is 56.9 Å². The van der Waals surface area contributed by atoms with Crippen LogP contribution in [0.3, 0.4) is 0 Å². The zero-order valence-electron chi connectivity index (χ0n) is 52.6. The molecule has 0 amide bonds. The van der Waals surface area contributed by atoms with Gasteiger partial charge >= 0.3 is 27.1 Å². The van der Waals surface area contributed by atoms with E-state index in [2.05, 4.69) is 102 Å². The van der Waals surface area contributed by atoms with Gasteiger partial charge in [-0.2, -0.15) is 0 Å². The van der Waals surface area contributed by atoms with Crippen molar-refractivity contribution < 1.29 is 51.6 Å². The van der Waals surface area contributed by atoms with E-state index in [1.54, 1.807) is 90.1 Å². The third-order valence-corrected chi connectivity index (χ3v) is 16.7. The second-order valence-corrected chi connectivity index (χ2v) is 26.3. The molecule has 0 aliphatic rings. The maximum Gasteiger partial charge on any atom is 0.402 e. The van der Waals surface area contributed by atoms with Gasteiger partial charge in [0.05, 0.1) is 25.4 Å². The van der Waals surface area contributed by atoms with Crippen LogP contribution in [0.5, 0.6) is 11.5 Å². The van der Waals surface area contributed by atoms with Crippen molar-refractivity contribution in [3.05, 3.63) is 275 Å². The summed E-state index contributed by atoms with van der Waals surface area (Å²) in [4.78, 5) is 33.1.